The molecule has 1 aliphatic rings. The van der Waals surface area contributed by atoms with Crippen LogP contribution in [0.4, 0.5) is 8.78 Å². The van der Waals surface area contributed by atoms with Crippen LogP contribution >= 0.6 is 0 Å². The predicted molar refractivity (Wildman–Crippen MR) is 116 cm³/mol. The Morgan fingerprint density at radius 2 is 1.76 bits per heavy atom. The van der Waals surface area contributed by atoms with Gasteiger partial charge in [0.25, 0.3) is 0 Å². The lowest BCUT2D eigenvalue weighted by Gasteiger charge is -2.22. The summed E-state index contributed by atoms with van der Waals surface area (Å²) in [5.41, 5.74) is 2.19. The normalized spacial score (nSPS) is 14.8. The largest absolute Gasteiger partial charge is 0.487 e. The van der Waals surface area contributed by atoms with Crippen LogP contribution in [0, 0.1) is 0 Å². The van der Waals surface area contributed by atoms with E-state index >= 15 is 0 Å². The first-order chi connectivity index (χ1) is 15.7. The summed E-state index contributed by atoms with van der Waals surface area (Å²) in [5, 5.41) is 19.8. The molecule has 2 heterocycles. The third kappa shape index (κ3) is 5.96. The van der Waals surface area contributed by atoms with Crippen molar-refractivity contribution in [2.24, 2.45) is 0 Å². The van der Waals surface area contributed by atoms with Gasteiger partial charge in [0.2, 0.25) is 12.4 Å². The van der Waals surface area contributed by atoms with E-state index in [0.29, 0.717) is 17.9 Å². The number of halogens is 2. The highest BCUT2D eigenvalue weighted by molar-refractivity contribution is 5.47. The quantitative estimate of drug-likeness (QED) is 0.369. The van der Waals surface area contributed by atoms with E-state index < -0.39 is 12.2 Å². The molecular weight excluding hydrogens is 430 g/mol. The van der Waals surface area contributed by atoms with Gasteiger partial charge < -0.3 is 14.6 Å². The summed E-state index contributed by atoms with van der Waals surface area (Å²) in [6.07, 6.45) is 7.16. The van der Waals surface area contributed by atoms with E-state index in [-0.39, 0.29) is 17.8 Å². The van der Waals surface area contributed by atoms with E-state index in [1.54, 1.807) is 50.6 Å². The smallest absolute Gasteiger partial charge is 0.387 e. The zero-order valence-corrected chi connectivity index (χ0v) is 18.5. The molecule has 1 unspecified atom stereocenters. The van der Waals surface area contributed by atoms with Gasteiger partial charge in [-0.15, -0.1) is 0 Å². The van der Waals surface area contributed by atoms with E-state index in [2.05, 4.69) is 9.72 Å². The fourth-order valence-electron chi connectivity index (χ4n) is 3.62. The number of ether oxygens (including phenoxy) is 2. The first-order valence-electron chi connectivity index (χ1n) is 10.8. The molecule has 0 aliphatic heterocycles. The highest BCUT2D eigenvalue weighted by Crippen LogP contribution is 2.39. The lowest BCUT2D eigenvalue weighted by Crippen LogP contribution is -2.28. The van der Waals surface area contributed by atoms with Crippen LogP contribution in [-0.2, 0) is 12.0 Å². The molecule has 1 fully saturated rings. The Balaban J connectivity index is 1.72. The standard InChI is InChI=1S/C25H27F2N2O4/c1-25(2,30)23-8-4-18(15-28-23)20(13-16-9-11-29(31)12-10-16)17-3-7-21(33-24(26)27)22(14-17)32-19-5-6-19/h3-4,7-12,14-15,19-20,24,30-31H,5-6,13H2,1-2H3/q+1. The average Bonchev–Trinajstić information content (AvgIpc) is 3.58. The second-order valence-electron chi connectivity index (χ2n) is 8.78. The summed E-state index contributed by atoms with van der Waals surface area (Å²) in [5.74, 6) is 0.128. The summed E-state index contributed by atoms with van der Waals surface area (Å²) >= 11 is 0. The molecule has 0 saturated heterocycles. The maximum Gasteiger partial charge on any atom is 0.387 e. The number of rotatable bonds is 9. The predicted octanol–water partition coefficient (Wildman–Crippen LogP) is 4.35. The van der Waals surface area contributed by atoms with Crippen LogP contribution in [0.15, 0.2) is 61.1 Å². The molecule has 33 heavy (non-hydrogen) atoms. The topological polar surface area (TPSA) is 75.7 Å². The lowest BCUT2D eigenvalue weighted by molar-refractivity contribution is -0.904. The van der Waals surface area contributed by atoms with Crippen LogP contribution in [0.25, 0.3) is 0 Å². The Morgan fingerprint density at radius 3 is 2.33 bits per heavy atom. The van der Waals surface area contributed by atoms with Crippen molar-refractivity contribution in [3.05, 3.63) is 83.4 Å². The van der Waals surface area contributed by atoms with Crippen molar-refractivity contribution in [2.75, 3.05) is 0 Å². The Hall–Kier alpha value is -3.26. The van der Waals surface area contributed by atoms with E-state index in [1.165, 1.54) is 6.07 Å². The van der Waals surface area contributed by atoms with Crippen LogP contribution < -0.4 is 14.2 Å². The number of alkyl halides is 2. The summed E-state index contributed by atoms with van der Waals surface area (Å²) in [4.78, 5) is 4.44. The molecule has 174 valence electrons. The molecule has 0 amide bonds. The SMILES string of the molecule is CC(C)(O)c1ccc(C(Cc2cc[n+](O)cc2)c2ccc(OC(F)F)c(OC3CC3)c2)cn1. The second-order valence-corrected chi connectivity index (χ2v) is 8.78. The van der Waals surface area contributed by atoms with Crippen molar-refractivity contribution >= 4 is 0 Å². The summed E-state index contributed by atoms with van der Waals surface area (Å²) < 4.78 is 37.3. The van der Waals surface area contributed by atoms with Crippen molar-refractivity contribution in [2.45, 2.75) is 57.3 Å². The lowest BCUT2D eigenvalue weighted by atomic mass is 9.86. The summed E-state index contributed by atoms with van der Waals surface area (Å²) in [6.45, 7) is 0.398. The Morgan fingerprint density at radius 1 is 1.06 bits per heavy atom. The van der Waals surface area contributed by atoms with E-state index in [0.717, 1.165) is 34.3 Å². The molecular formula is C25H27F2N2O4+. The van der Waals surface area contributed by atoms with E-state index in [1.807, 2.05) is 18.2 Å². The first kappa shape index (κ1) is 22.9. The second kappa shape index (κ2) is 9.31. The highest BCUT2D eigenvalue weighted by atomic mass is 19.3. The molecule has 2 aromatic heterocycles. The average molecular weight is 457 g/mol. The van der Waals surface area contributed by atoms with Gasteiger partial charge in [-0.1, -0.05) is 12.1 Å². The minimum Gasteiger partial charge on any atom is -0.487 e. The number of benzene rings is 1. The van der Waals surface area contributed by atoms with Crippen molar-refractivity contribution < 1.29 is 33.3 Å². The number of nitrogens with zero attached hydrogens (tertiary/aromatic N) is 2. The molecule has 1 aromatic carbocycles. The highest BCUT2D eigenvalue weighted by Gasteiger charge is 2.27. The first-order valence-corrected chi connectivity index (χ1v) is 10.8. The molecule has 4 rings (SSSR count). The fraction of sp³-hybridized carbons (Fsp3) is 0.360. The molecule has 3 aromatic rings. The van der Waals surface area contributed by atoms with Gasteiger partial charge in [-0.05, 0) is 68.0 Å². The molecule has 6 nitrogen and oxygen atoms in total. The Bertz CT molecular complexity index is 1080. The third-order valence-electron chi connectivity index (χ3n) is 5.54. The molecule has 8 heteroatoms. The van der Waals surface area contributed by atoms with Gasteiger partial charge in [0.05, 0.1) is 11.8 Å². The van der Waals surface area contributed by atoms with Gasteiger partial charge in [0.15, 0.2) is 11.5 Å². The molecule has 1 atom stereocenters. The fourth-order valence-corrected chi connectivity index (χ4v) is 3.62. The van der Waals surface area contributed by atoms with E-state index in [4.69, 9.17) is 4.74 Å². The molecule has 2 N–H and O–H groups in total. The summed E-state index contributed by atoms with van der Waals surface area (Å²) in [6, 6.07) is 12.3. The van der Waals surface area contributed by atoms with Crippen LogP contribution in [0.5, 0.6) is 11.5 Å². The van der Waals surface area contributed by atoms with Crippen LogP contribution in [0.1, 0.15) is 55.0 Å². The number of hydrogen-bond acceptors (Lipinski definition) is 5. The van der Waals surface area contributed by atoms with E-state index in [9.17, 15) is 19.1 Å². The summed E-state index contributed by atoms with van der Waals surface area (Å²) in [7, 11) is 0. The van der Waals surface area contributed by atoms with Gasteiger partial charge in [0, 0.05) is 29.0 Å². The minimum absolute atomic E-state index is 0.0101. The van der Waals surface area contributed by atoms with Crippen molar-refractivity contribution in [1.82, 2.24) is 4.98 Å². The van der Waals surface area contributed by atoms with Crippen LogP contribution in [-0.4, -0.2) is 28.0 Å². The van der Waals surface area contributed by atoms with Crippen LogP contribution in [0.2, 0.25) is 0 Å². The third-order valence-corrected chi connectivity index (χ3v) is 5.54. The number of pyridine rings is 2. The van der Waals surface area contributed by atoms with Crippen molar-refractivity contribution in [3.63, 3.8) is 0 Å². The van der Waals surface area contributed by atoms with Gasteiger partial charge in [-0.2, -0.15) is 8.78 Å². The monoisotopic (exact) mass is 457 g/mol. The van der Waals surface area contributed by atoms with Crippen molar-refractivity contribution in [3.8, 4) is 11.5 Å². The van der Waals surface area contributed by atoms with Crippen molar-refractivity contribution in [1.29, 1.82) is 0 Å². The number of hydrogen-bond donors (Lipinski definition) is 2. The van der Waals surface area contributed by atoms with Gasteiger partial charge in [-0.25, -0.2) is 0 Å². The van der Waals surface area contributed by atoms with Crippen LogP contribution in [0.3, 0.4) is 0 Å². The zero-order valence-electron chi connectivity index (χ0n) is 18.5. The molecule has 1 saturated carbocycles. The zero-order chi connectivity index (χ0) is 23.6. The molecule has 1 aliphatic carbocycles. The maximum atomic E-state index is 12.9. The number of aromatic nitrogens is 2. The van der Waals surface area contributed by atoms with Gasteiger partial charge >= 0.3 is 6.61 Å². The van der Waals surface area contributed by atoms with Gasteiger partial charge in [0.1, 0.15) is 5.60 Å². The molecule has 0 spiro atoms. The number of aliphatic hydroxyl groups is 1. The van der Waals surface area contributed by atoms with Gasteiger partial charge in [-0.3, -0.25) is 10.2 Å². The maximum absolute atomic E-state index is 12.9. The minimum atomic E-state index is -2.94. The molecule has 0 bridgehead atoms. The molecule has 0 radical (unpaired) electrons. The Kier molecular flexibility index (Phi) is 6.47. The Labute approximate surface area is 191 Å².